The van der Waals surface area contributed by atoms with Crippen LogP contribution in [-0.2, 0) is 6.54 Å². The molecule has 1 heterocycles. The SMILES string of the molecule is CCCN(CCC)CCCNC(=NC)NCc1nc(C(C)C)cs1. The first kappa shape index (κ1) is 20.9. The van der Waals surface area contributed by atoms with Crippen molar-refractivity contribution in [2.45, 2.75) is 59.4 Å². The standard InChI is InChI=1S/C18H35N5S/c1-6-10-23(11-7-2)12-8-9-20-18(19-5)21-13-17-22-16(14-24-17)15(3)4/h14-15H,6-13H2,1-5H3,(H2,19,20,21). The van der Waals surface area contributed by atoms with Crippen LogP contribution in [0.3, 0.4) is 0 Å². The van der Waals surface area contributed by atoms with Crippen molar-refractivity contribution < 1.29 is 0 Å². The zero-order valence-corrected chi connectivity index (χ0v) is 16.9. The van der Waals surface area contributed by atoms with E-state index in [4.69, 9.17) is 0 Å². The molecule has 0 aromatic carbocycles. The molecule has 0 aliphatic carbocycles. The number of hydrogen-bond acceptors (Lipinski definition) is 4. The number of thiazole rings is 1. The summed E-state index contributed by atoms with van der Waals surface area (Å²) in [6, 6.07) is 0. The van der Waals surface area contributed by atoms with Crippen LogP contribution in [0.15, 0.2) is 10.4 Å². The van der Waals surface area contributed by atoms with Gasteiger partial charge in [-0.15, -0.1) is 11.3 Å². The summed E-state index contributed by atoms with van der Waals surface area (Å²) in [6.07, 6.45) is 3.58. The molecule has 5 nitrogen and oxygen atoms in total. The van der Waals surface area contributed by atoms with E-state index in [1.54, 1.807) is 11.3 Å². The second kappa shape index (κ2) is 12.3. The zero-order valence-electron chi connectivity index (χ0n) is 16.1. The first-order chi connectivity index (χ1) is 11.6. The van der Waals surface area contributed by atoms with Gasteiger partial charge in [-0.3, -0.25) is 4.99 Å². The lowest BCUT2D eigenvalue weighted by Crippen LogP contribution is -2.38. The smallest absolute Gasteiger partial charge is 0.191 e. The summed E-state index contributed by atoms with van der Waals surface area (Å²) < 4.78 is 0. The van der Waals surface area contributed by atoms with E-state index in [9.17, 15) is 0 Å². The molecule has 0 fully saturated rings. The van der Waals surface area contributed by atoms with Gasteiger partial charge in [-0.1, -0.05) is 27.7 Å². The molecule has 1 rings (SSSR count). The van der Waals surface area contributed by atoms with Crippen molar-refractivity contribution in [1.82, 2.24) is 20.5 Å². The Labute approximate surface area is 152 Å². The third-order valence-corrected chi connectivity index (χ3v) is 4.68. The minimum atomic E-state index is 0.488. The van der Waals surface area contributed by atoms with Crippen LogP contribution in [0.5, 0.6) is 0 Å². The average Bonchev–Trinajstić information content (AvgIpc) is 3.04. The van der Waals surface area contributed by atoms with Gasteiger partial charge >= 0.3 is 0 Å². The molecule has 2 N–H and O–H groups in total. The minimum Gasteiger partial charge on any atom is -0.356 e. The highest BCUT2D eigenvalue weighted by molar-refractivity contribution is 7.09. The molecule has 24 heavy (non-hydrogen) atoms. The van der Waals surface area contributed by atoms with Crippen molar-refractivity contribution in [2.24, 2.45) is 4.99 Å². The molecule has 0 spiro atoms. The fraction of sp³-hybridized carbons (Fsp3) is 0.778. The van der Waals surface area contributed by atoms with Crippen LogP contribution in [0.4, 0.5) is 0 Å². The van der Waals surface area contributed by atoms with Gasteiger partial charge in [0.1, 0.15) is 5.01 Å². The Morgan fingerprint density at radius 2 is 1.92 bits per heavy atom. The zero-order chi connectivity index (χ0) is 17.8. The minimum absolute atomic E-state index is 0.488. The maximum Gasteiger partial charge on any atom is 0.191 e. The van der Waals surface area contributed by atoms with Crippen LogP contribution in [0.1, 0.15) is 63.6 Å². The van der Waals surface area contributed by atoms with Gasteiger partial charge in [-0.25, -0.2) is 4.98 Å². The summed E-state index contributed by atoms with van der Waals surface area (Å²) in [4.78, 5) is 11.5. The summed E-state index contributed by atoms with van der Waals surface area (Å²) in [5.41, 5.74) is 1.17. The van der Waals surface area contributed by atoms with E-state index in [1.165, 1.54) is 31.6 Å². The summed E-state index contributed by atoms with van der Waals surface area (Å²) in [5, 5.41) is 10.0. The van der Waals surface area contributed by atoms with Crippen LogP contribution in [0.25, 0.3) is 0 Å². The van der Waals surface area contributed by atoms with Crippen LogP contribution < -0.4 is 10.6 Å². The Bertz CT molecular complexity index is 464. The predicted molar refractivity (Wildman–Crippen MR) is 106 cm³/mol. The third kappa shape index (κ3) is 8.11. The molecule has 0 unspecified atom stereocenters. The number of aliphatic imine (C=N–C) groups is 1. The molecule has 0 radical (unpaired) electrons. The second-order valence-corrected chi connectivity index (χ2v) is 7.31. The Morgan fingerprint density at radius 3 is 2.46 bits per heavy atom. The summed E-state index contributed by atoms with van der Waals surface area (Å²) in [6.45, 7) is 14.1. The average molecular weight is 354 g/mol. The van der Waals surface area contributed by atoms with Gasteiger partial charge in [0.15, 0.2) is 5.96 Å². The number of rotatable bonds is 11. The number of aromatic nitrogens is 1. The lowest BCUT2D eigenvalue weighted by Gasteiger charge is -2.21. The Kier molecular flexibility index (Phi) is 10.7. The van der Waals surface area contributed by atoms with Crippen molar-refractivity contribution in [3.8, 4) is 0 Å². The van der Waals surface area contributed by atoms with Gasteiger partial charge in [0.05, 0.1) is 12.2 Å². The van der Waals surface area contributed by atoms with E-state index in [0.29, 0.717) is 5.92 Å². The van der Waals surface area contributed by atoms with E-state index in [-0.39, 0.29) is 0 Å². The first-order valence-corrected chi connectivity index (χ1v) is 10.1. The number of nitrogens with zero attached hydrogens (tertiary/aromatic N) is 3. The van der Waals surface area contributed by atoms with Crippen molar-refractivity contribution in [1.29, 1.82) is 0 Å². The fourth-order valence-electron chi connectivity index (χ4n) is 2.53. The predicted octanol–water partition coefficient (Wildman–Crippen LogP) is 3.44. The van der Waals surface area contributed by atoms with E-state index >= 15 is 0 Å². The summed E-state index contributed by atoms with van der Waals surface area (Å²) >= 11 is 1.71. The molecular formula is C18H35N5S. The highest BCUT2D eigenvalue weighted by Crippen LogP contribution is 2.17. The van der Waals surface area contributed by atoms with Gasteiger partial charge in [0.2, 0.25) is 0 Å². The molecule has 0 aliphatic heterocycles. The molecule has 0 atom stereocenters. The molecule has 0 saturated heterocycles. The van der Waals surface area contributed by atoms with Crippen molar-refractivity contribution in [3.05, 3.63) is 16.1 Å². The van der Waals surface area contributed by atoms with E-state index in [2.05, 4.69) is 58.6 Å². The van der Waals surface area contributed by atoms with Crippen molar-refractivity contribution >= 4 is 17.3 Å². The molecule has 1 aromatic heterocycles. The van der Waals surface area contributed by atoms with Gasteiger partial charge in [-0.05, 0) is 44.8 Å². The monoisotopic (exact) mass is 353 g/mol. The van der Waals surface area contributed by atoms with E-state index < -0.39 is 0 Å². The highest BCUT2D eigenvalue weighted by atomic mass is 32.1. The maximum absolute atomic E-state index is 4.64. The quantitative estimate of drug-likeness (QED) is 0.363. The fourth-order valence-corrected chi connectivity index (χ4v) is 3.42. The van der Waals surface area contributed by atoms with Crippen LogP contribution in [0.2, 0.25) is 0 Å². The molecule has 6 heteroatoms. The second-order valence-electron chi connectivity index (χ2n) is 6.37. The Morgan fingerprint density at radius 1 is 1.21 bits per heavy atom. The lowest BCUT2D eigenvalue weighted by molar-refractivity contribution is 0.271. The highest BCUT2D eigenvalue weighted by Gasteiger charge is 2.06. The Balaban J connectivity index is 2.27. The van der Waals surface area contributed by atoms with Gasteiger partial charge < -0.3 is 15.5 Å². The van der Waals surface area contributed by atoms with Crippen LogP contribution in [0, 0.1) is 0 Å². The molecule has 0 amide bonds. The molecular weight excluding hydrogens is 318 g/mol. The maximum atomic E-state index is 4.64. The molecule has 1 aromatic rings. The van der Waals surface area contributed by atoms with Gasteiger partial charge in [0.25, 0.3) is 0 Å². The van der Waals surface area contributed by atoms with Gasteiger partial charge in [-0.2, -0.15) is 0 Å². The van der Waals surface area contributed by atoms with Gasteiger partial charge in [0, 0.05) is 19.0 Å². The van der Waals surface area contributed by atoms with E-state index in [1.807, 2.05) is 7.05 Å². The lowest BCUT2D eigenvalue weighted by atomic mass is 10.2. The van der Waals surface area contributed by atoms with Crippen molar-refractivity contribution in [3.63, 3.8) is 0 Å². The number of nitrogens with one attached hydrogen (secondary N) is 2. The first-order valence-electron chi connectivity index (χ1n) is 9.21. The third-order valence-electron chi connectivity index (χ3n) is 3.81. The Hall–Kier alpha value is -1.14. The van der Waals surface area contributed by atoms with Crippen LogP contribution in [-0.4, -0.2) is 49.1 Å². The summed E-state index contributed by atoms with van der Waals surface area (Å²) in [7, 11) is 1.82. The summed E-state index contributed by atoms with van der Waals surface area (Å²) in [5.74, 6) is 1.34. The largest absolute Gasteiger partial charge is 0.356 e. The van der Waals surface area contributed by atoms with E-state index in [0.717, 1.165) is 37.0 Å². The normalized spacial score (nSPS) is 12.2. The number of hydrogen-bond donors (Lipinski definition) is 2. The molecule has 138 valence electrons. The van der Waals surface area contributed by atoms with Crippen LogP contribution >= 0.6 is 11.3 Å². The molecule has 0 saturated carbocycles. The number of guanidine groups is 1. The topological polar surface area (TPSA) is 52.5 Å². The molecule has 0 aliphatic rings. The van der Waals surface area contributed by atoms with Crippen molar-refractivity contribution in [2.75, 3.05) is 33.2 Å². The molecule has 0 bridgehead atoms.